The summed E-state index contributed by atoms with van der Waals surface area (Å²) in [6.07, 6.45) is 0. The highest BCUT2D eigenvalue weighted by Gasteiger charge is 2.19. The molecule has 0 amide bonds. The van der Waals surface area contributed by atoms with Gasteiger partial charge in [0.15, 0.2) is 11.5 Å². The Kier molecular flexibility index (Phi) is 6.20. The molecule has 3 aromatic rings. The number of esters is 1. The van der Waals surface area contributed by atoms with Crippen LogP contribution in [-0.2, 0) is 11.3 Å². The number of rotatable bonds is 7. The maximum Gasteiger partial charge on any atom is 0.344 e. The summed E-state index contributed by atoms with van der Waals surface area (Å²) in [6.45, 7) is 2.21. The lowest BCUT2D eigenvalue weighted by Crippen LogP contribution is -2.10. The lowest BCUT2D eigenvalue weighted by atomic mass is 10.2. The fraction of sp³-hybridized carbons (Fsp3) is 0.200. The van der Waals surface area contributed by atoms with Crippen molar-refractivity contribution in [3.63, 3.8) is 0 Å². The number of hydrogen-bond donors (Lipinski definition) is 0. The Hall–Kier alpha value is -3.00. The van der Waals surface area contributed by atoms with E-state index < -0.39 is 23.2 Å². The Morgan fingerprint density at radius 3 is 2.57 bits per heavy atom. The quantitative estimate of drug-likeness (QED) is 0.526. The minimum absolute atomic E-state index is 0.197. The maximum absolute atomic E-state index is 13.6. The minimum Gasteiger partial charge on any atom is -0.493 e. The molecule has 1 aromatic heterocycles. The molecule has 1 heterocycles. The lowest BCUT2D eigenvalue weighted by Gasteiger charge is -2.10. The second kappa shape index (κ2) is 8.79. The largest absolute Gasteiger partial charge is 0.493 e. The molecule has 0 saturated heterocycles. The van der Waals surface area contributed by atoms with E-state index in [0.717, 1.165) is 17.7 Å². The van der Waals surface area contributed by atoms with Gasteiger partial charge >= 0.3 is 5.97 Å². The van der Waals surface area contributed by atoms with Crippen LogP contribution >= 0.6 is 11.3 Å². The summed E-state index contributed by atoms with van der Waals surface area (Å²) in [5.74, 6) is -1.80. The van der Waals surface area contributed by atoms with Gasteiger partial charge in [0, 0.05) is 10.9 Å². The first kappa shape index (κ1) is 19.8. The van der Waals surface area contributed by atoms with Gasteiger partial charge in [-0.25, -0.2) is 18.6 Å². The highest BCUT2D eigenvalue weighted by atomic mass is 32.1. The number of nitrogens with zero attached hydrogens (tertiary/aromatic N) is 1. The monoisotopic (exact) mass is 405 g/mol. The van der Waals surface area contributed by atoms with Crippen molar-refractivity contribution >= 4 is 17.3 Å². The zero-order valence-corrected chi connectivity index (χ0v) is 16.0. The standard InChI is InChI=1S/C20H17F2NO4S/c1-3-26-16-8-7-12(9-17(16)25-2)19-23-13(11-28-19)10-27-20(24)18-14(21)5-4-6-15(18)22/h4-9,11H,3,10H2,1-2H3. The van der Waals surface area contributed by atoms with Crippen LogP contribution in [0.5, 0.6) is 11.5 Å². The third-order valence-corrected chi connectivity index (χ3v) is 4.72. The molecule has 0 saturated carbocycles. The molecule has 0 radical (unpaired) electrons. The van der Waals surface area contributed by atoms with E-state index in [1.807, 2.05) is 13.0 Å². The highest BCUT2D eigenvalue weighted by molar-refractivity contribution is 7.13. The highest BCUT2D eigenvalue weighted by Crippen LogP contribution is 2.34. The minimum atomic E-state index is -1.08. The fourth-order valence-corrected chi connectivity index (χ4v) is 3.29. The fourth-order valence-electron chi connectivity index (χ4n) is 2.49. The summed E-state index contributed by atoms with van der Waals surface area (Å²) >= 11 is 1.35. The molecule has 0 spiro atoms. The van der Waals surface area contributed by atoms with Crippen LogP contribution in [0.2, 0.25) is 0 Å². The maximum atomic E-state index is 13.6. The van der Waals surface area contributed by atoms with E-state index in [9.17, 15) is 13.6 Å². The van der Waals surface area contributed by atoms with Crippen LogP contribution in [0.1, 0.15) is 23.0 Å². The van der Waals surface area contributed by atoms with E-state index in [-0.39, 0.29) is 6.61 Å². The molecule has 146 valence electrons. The third-order valence-electron chi connectivity index (χ3n) is 3.78. The molecule has 8 heteroatoms. The average molecular weight is 405 g/mol. The number of carbonyl (C=O) groups excluding carboxylic acids is 1. The molecule has 5 nitrogen and oxygen atoms in total. The molecule has 0 bridgehead atoms. The summed E-state index contributed by atoms with van der Waals surface area (Å²) in [7, 11) is 1.55. The van der Waals surface area contributed by atoms with Gasteiger partial charge in [0.05, 0.1) is 19.4 Å². The van der Waals surface area contributed by atoms with Gasteiger partial charge in [-0.1, -0.05) is 6.07 Å². The Balaban J connectivity index is 1.72. The van der Waals surface area contributed by atoms with Crippen LogP contribution in [0.25, 0.3) is 10.6 Å². The van der Waals surface area contributed by atoms with Crippen molar-refractivity contribution in [2.45, 2.75) is 13.5 Å². The van der Waals surface area contributed by atoms with Crippen molar-refractivity contribution in [3.8, 4) is 22.1 Å². The zero-order chi connectivity index (χ0) is 20.1. The van der Waals surface area contributed by atoms with E-state index in [4.69, 9.17) is 14.2 Å². The van der Waals surface area contributed by atoms with Crippen LogP contribution in [0.3, 0.4) is 0 Å². The van der Waals surface area contributed by atoms with E-state index in [1.54, 1.807) is 24.6 Å². The molecule has 0 aliphatic heterocycles. The summed E-state index contributed by atoms with van der Waals surface area (Å²) in [5, 5.41) is 2.40. The second-order valence-electron chi connectivity index (χ2n) is 5.62. The van der Waals surface area contributed by atoms with Crippen LogP contribution in [0, 0.1) is 11.6 Å². The molecule has 3 rings (SSSR count). The summed E-state index contributed by atoms with van der Waals surface area (Å²) in [5.41, 5.74) is 0.565. The van der Waals surface area contributed by atoms with Crippen LogP contribution in [-0.4, -0.2) is 24.7 Å². The lowest BCUT2D eigenvalue weighted by molar-refractivity contribution is 0.0457. The first-order valence-corrected chi connectivity index (χ1v) is 9.28. The molecule has 0 unspecified atom stereocenters. The molecular weight excluding hydrogens is 388 g/mol. The van der Waals surface area contributed by atoms with E-state index >= 15 is 0 Å². The van der Waals surface area contributed by atoms with Crippen molar-refractivity contribution in [2.75, 3.05) is 13.7 Å². The first-order chi connectivity index (χ1) is 13.5. The molecular formula is C20H17F2NO4S. The van der Waals surface area contributed by atoms with Gasteiger partial charge in [0.2, 0.25) is 0 Å². The number of carbonyl (C=O) groups is 1. The Bertz CT molecular complexity index is 970. The molecule has 0 fully saturated rings. The number of ether oxygens (including phenoxy) is 3. The van der Waals surface area contributed by atoms with Crippen LogP contribution in [0.15, 0.2) is 41.8 Å². The zero-order valence-electron chi connectivity index (χ0n) is 15.2. The first-order valence-electron chi connectivity index (χ1n) is 8.40. The van der Waals surface area contributed by atoms with E-state index in [0.29, 0.717) is 28.8 Å². The van der Waals surface area contributed by atoms with Crippen molar-refractivity contribution in [1.82, 2.24) is 4.98 Å². The summed E-state index contributed by atoms with van der Waals surface area (Å²) in [6, 6.07) is 8.62. The van der Waals surface area contributed by atoms with E-state index in [1.165, 1.54) is 17.4 Å². The van der Waals surface area contributed by atoms with Gasteiger partial charge in [0.25, 0.3) is 0 Å². The predicted octanol–water partition coefficient (Wildman–Crippen LogP) is 4.85. The summed E-state index contributed by atoms with van der Waals surface area (Å²) in [4.78, 5) is 16.4. The number of thiazole rings is 1. The van der Waals surface area contributed by atoms with Crippen molar-refractivity contribution in [2.24, 2.45) is 0 Å². The van der Waals surface area contributed by atoms with Crippen LogP contribution < -0.4 is 9.47 Å². The number of benzene rings is 2. The second-order valence-corrected chi connectivity index (χ2v) is 6.47. The number of hydrogen-bond acceptors (Lipinski definition) is 6. The van der Waals surface area contributed by atoms with Gasteiger partial charge in [-0.3, -0.25) is 0 Å². The molecule has 0 N–H and O–H groups in total. The van der Waals surface area contributed by atoms with Gasteiger partial charge < -0.3 is 14.2 Å². The van der Waals surface area contributed by atoms with Crippen molar-refractivity contribution < 1.29 is 27.8 Å². The molecule has 0 atom stereocenters. The molecule has 0 aliphatic rings. The molecule has 0 aliphatic carbocycles. The normalized spacial score (nSPS) is 10.6. The summed E-state index contributed by atoms with van der Waals surface area (Å²) < 4.78 is 43.1. The Labute approximate surface area is 164 Å². The number of aromatic nitrogens is 1. The van der Waals surface area contributed by atoms with E-state index in [2.05, 4.69) is 4.98 Å². The average Bonchev–Trinajstić information content (AvgIpc) is 3.16. The SMILES string of the molecule is CCOc1ccc(-c2nc(COC(=O)c3c(F)cccc3F)cs2)cc1OC. The van der Waals surface area contributed by atoms with Crippen molar-refractivity contribution in [3.05, 3.63) is 64.7 Å². The van der Waals surface area contributed by atoms with Crippen LogP contribution in [0.4, 0.5) is 8.78 Å². The number of halogens is 2. The molecule has 2 aromatic carbocycles. The van der Waals surface area contributed by atoms with Gasteiger partial charge in [-0.05, 0) is 37.3 Å². The number of methoxy groups -OCH3 is 1. The Morgan fingerprint density at radius 2 is 1.89 bits per heavy atom. The smallest absolute Gasteiger partial charge is 0.344 e. The third kappa shape index (κ3) is 4.28. The molecule has 28 heavy (non-hydrogen) atoms. The Morgan fingerprint density at radius 1 is 1.14 bits per heavy atom. The van der Waals surface area contributed by atoms with Crippen molar-refractivity contribution in [1.29, 1.82) is 0 Å². The van der Waals surface area contributed by atoms with Gasteiger partial charge in [-0.2, -0.15) is 0 Å². The predicted molar refractivity (Wildman–Crippen MR) is 101 cm³/mol. The van der Waals surface area contributed by atoms with Gasteiger partial charge in [0.1, 0.15) is 28.8 Å². The van der Waals surface area contributed by atoms with Gasteiger partial charge in [-0.15, -0.1) is 11.3 Å². The topological polar surface area (TPSA) is 57.7 Å².